The first kappa shape index (κ1) is 16.3. The molecule has 21 heavy (non-hydrogen) atoms. The summed E-state index contributed by atoms with van der Waals surface area (Å²) in [6.07, 6.45) is 0.204. The van der Waals surface area contributed by atoms with Gasteiger partial charge in [-0.15, -0.1) is 0 Å². The fourth-order valence-corrected chi connectivity index (χ4v) is 1.49. The van der Waals surface area contributed by atoms with Crippen molar-refractivity contribution >= 4 is 11.9 Å². The fraction of sp³-hybridized carbons (Fsp3) is 0.357. The van der Waals surface area contributed by atoms with Gasteiger partial charge in [0.25, 0.3) is 5.91 Å². The second-order valence-corrected chi connectivity index (χ2v) is 3.90. The highest BCUT2D eigenvalue weighted by Gasteiger charge is 2.13. The van der Waals surface area contributed by atoms with E-state index in [4.69, 9.17) is 19.5 Å². The first-order valence-corrected chi connectivity index (χ1v) is 6.15. The van der Waals surface area contributed by atoms with Gasteiger partial charge in [-0.3, -0.25) is 4.79 Å². The highest BCUT2D eigenvalue weighted by Crippen LogP contribution is 2.27. The van der Waals surface area contributed by atoms with Gasteiger partial charge < -0.3 is 19.5 Å². The van der Waals surface area contributed by atoms with Gasteiger partial charge >= 0.3 is 5.97 Å². The van der Waals surface area contributed by atoms with Crippen LogP contribution >= 0.6 is 0 Å². The SMILES string of the molecule is COc1ccc(C(=O)OCC(=O)NCCC#N)cc1OC. The molecule has 0 saturated heterocycles. The number of hydrogen-bond donors (Lipinski definition) is 1. The van der Waals surface area contributed by atoms with Crippen LogP contribution in [0.15, 0.2) is 18.2 Å². The van der Waals surface area contributed by atoms with Crippen LogP contribution in [-0.2, 0) is 9.53 Å². The number of methoxy groups -OCH3 is 2. The summed E-state index contributed by atoms with van der Waals surface area (Å²) in [5, 5.41) is 10.8. The first-order valence-electron chi connectivity index (χ1n) is 6.15. The quantitative estimate of drug-likeness (QED) is 0.592. The molecule has 0 radical (unpaired) electrons. The minimum atomic E-state index is -0.647. The molecule has 0 unspecified atom stereocenters. The average molecular weight is 292 g/mol. The van der Waals surface area contributed by atoms with Crippen LogP contribution in [0, 0.1) is 11.3 Å². The molecule has 1 N–H and O–H groups in total. The Morgan fingerprint density at radius 2 is 1.95 bits per heavy atom. The molecule has 0 aliphatic heterocycles. The maximum absolute atomic E-state index is 11.8. The number of ether oxygens (including phenoxy) is 3. The fourth-order valence-electron chi connectivity index (χ4n) is 1.49. The number of benzene rings is 1. The lowest BCUT2D eigenvalue weighted by molar-refractivity contribution is -0.124. The molecule has 0 aliphatic rings. The molecule has 1 rings (SSSR count). The second-order valence-electron chi connectivity index (χ2n) is 3.90. The molecule has 0 heterocycles. The topological polar surface area (TPSA) is 97.6 Å². The zero-order chi connectivity index (χ0) is 15.7. The number of esters is 1. The van der Waals surface area contributed by atoms with Gasteiger partial charge in [-0.05, 0) is 18.2 Å². The summed E-state index contributed by atoms with van der Waals surface area (Å²) < 4.78 is 15.0. The Morgan fingerprint density at radius 1 is 1.24 bits per heavy atom. The Labute approximate surface area is 122 Å². The third kappa shape index (κ3) is 5.03. The maximum Gasteiger partial charge on any atom is 0.338 e. The molecule has 0 atom stereocenters. The van der Waals surface area contributed by atoms with Crippen molar-refractivity contribution < 1.29 is 23.8 Å². The standard InChI is InChI=1S/C14H16N2O5/c1-19-11-5-4-10(8-12(11)20-2)14(18)21-9-13(17)16-7-3-6-15/h4-5,8H,3,7,9H2,1-2H3,(H,16,17). The van der Waals surface area contributed by atoms with Crippen LogP contribution in [0.3, 0.4) is 0 Å². The Morgan fingerprint density at radius 3 is 2.57 bits per heavy atom. The zero-order valence-electron chi connectivity index (χ0n) is 11.8. The molecular formula is C14H16N2O5. The largest absolute Gasteiger partial charge is 0.493 e. The molecule has 112 valence electrons. The molecule has 0 fully saturated rings. The van der Waals surface area contributed by atoms with E-state index in [0.29, 0.717) is 11.5 Å². The summed E-state index contributed by atoms with van der Waals surface area (Å²) in [7, 11) is 2.94. The van der Waals surface area contributed by atoms with Crippen molar-refractivity contribution in [3.8, 4) is 17.6 Å². The van der Waals surface area contributed by atoms with Crippen molar-refractivity contribution in [1.29, 1.82) is 5.26 Å². The van der Waals surface area contributed by atoms with E-state index >= 15 is 0 Å². The van der Waals surface area contributed by atoms with Gasteiger partial charge in [0.05, 0.1) is 32.3 Å². The van der Waals surface area contributed by atoms with E-state index in [2.05, 4.69) is 5.32 Å². The summed E-state index contributed by atoms with van der Waals surface area (Å²) in [6.45, 7) is -0.179. The van der Waals surface area contributed by atoms with Crippen molar-refractivity contribution in [1.82, 2.24) is 5.32 Å². The monoisotopic (exact) mass is 292 g/mol. The maximum atomic E-state index is 11.8. The van der Waals surface area contributed by atoms with Gasteiger partial charge in [0.2, 0.25) is 0 Å². The molecule has 0 spiro atoms. The third-order valence-electron chi connectivity index (χ3n) is 2.51. The molecule has 7 heteroatoms. The van der Waals surface area contributed by atoms with Gasteiger partial charge in [-0.2, -0.15) is 5.26 Å². The van der Waals surface area contributed by atoms with E-state index in [1.165, 1.54) is 26.4 Å². The van der Waals surface area contributed by atoms with Crippen molar-refractivity contribution in [2.24, 2.45) is 0 Å². The molecule has 1 aromatic rings. The molecule has 1 amide bonds. The van der Waals surface area contributed by atoms with Gasteiger partial charge in [0, 0.05) is 6.54 Å². The predicted molar refractivity (Wildman–Crippen MR) is 73.1 cm³/mol. The summed E-state index contributed by atoms with van der Waals surface area (Å²) in [4.78, 5) is 23.1. The van der Waals surface area contributed by atoms with Gasteiger partial charge in [0.1, 0.15) is 0 Å². The Kier molecular flexibility index (Phi) is 6.54. The molecule has 0 saturated carbocycles. The summed E-state index contributed by atoms with van der Waals surface area (Å²) in [5.41, 5.74) is 0.248. The van der Waals surface area contributed by atoms with Crippen LogP contribution in [0.1, 0.15) is 16.8 Å². The van der Waals surface area contributed by atoms with Gasteiger partial charge in [-0.1, -0.05) is 0 Å². The zero-order valence-corrected chi connectivity index (χ0v) is 11.8. The number of carbonyl (C=O) groups is 2. The first-order chi connectivity index (χ1) is 10.1. The molecule has 0 bridgehead atoms. The van der Waals surface area contributed by atoms with Gasteiger partial charge in [-0.25, -0.2) is 4.79 Å². The Bertz CT molecular complexity index is 551. The summed E-state index contributed by atoms with van der Waals surface area (Å²) >= 11 is 0. The number of nitriles is 1. The number of carbonyl (C=O) groups excluding carboxylic acids is 2. The van der Waals surface area contributed by atoms with Crippen LogP contribution < -0.4 is 14.8 Å². The normalized spacial score (nSPS) is 9.38. The number of nitrogens with one attached hydrogen (secondary N) is 1. The van der Waals surface area contributed by atoms with E-state index < -0.39 is 18.5 Å². The van der Waals surface area contributed by atoms with Gasteiger partial charge in [0.15, 0.2) is 18.1 Å². The summed E-state index contributed by atoms with van der Waals surface area (Å²) in [5.74, 6) is -0.223. The molecule has 7 nitrogen and oxygen atoms in total. The number of nitrogens with zero attached hydrogens (tertiary/aromatic N) is 1. The van der Waals surface area contributed by atoms with Crippen molar-refractivity contribution in [2.45, 2.75) is 6.42 Å². The van der Waals surface area contributed by atoms with Crippen molar-refractivity contribution in [3.05, 3.63) is 23.8 Å². The highest BCUT2D eigenvalue weighted by atomic mass is 16.5. The summed E-state index contributed by atoms with van der Waals surface area (Å²) in [6, 6.07) is 6.44. The van der Waals surface area contributed by atoms with Crippen molar-refractivity contribution in [2.75, 3.05) is 27.4 Å². The number of rotatable bonds is 7. The highest BCUT2D eigenvalue weighted by molar-refractivity contribution is 5.92. The number of hydrogen-bond acceptors (Lipinski definition) is 6. The minimum Gasteiger partial charge on any atom is -0.493 e. The van der Waals surface area contributed by atoms with Crippen LogP contribution in [0.5, 0.6) is 11.5 Å². The molecule has 0 aliphatic carbocycles. The van der Waals surface area contributed by atoms with E-state index in [1.54, 1.807) is 6.07 Å². The lowest BCUT2D eigenvalue weighted by Gasteiger charge is -2.09. The van der Waals surface area contributed by atoms with Crippen LogP contribution in [-0.4, -0.2) is 39.2 Å². The molecular weight excluding hydrogens is 276 g/mol. The molecule has 1 aromatic carbocycles. The lowest BCUT2D eigenvalue weighted by Crippen LogP contribution is -2.29. The number of amides is 1. The molecule has 0 aromatic heterocycles. The van der Waals surface area contributed by atoms with Crippen LogP contribution in [0.2, 0.25) is 0 Å². The van der Waals surface area contributed by atoms with Crippen molar-refractivity contribution in [3.63, 3.8) is 0 Å². The second kappa shape index (κ2) is 8.43. The Hall–Kier alpha value is -2.75. The smallest absolute Gasteiger partial charge is 0.338 e. The van der Waals surface area contributed by atoms with E-state index in [9.17, 15) is 9.59 Å². The predicted octanol–water partition coefficient (Wildman–Crippen LogP) is 0.890. The minimum absolute atomic E-state index is 0.204. The average Bonchev–Trinajstić information content (AvgIpc) is 2.52. The van der Waals surface area contributed by atoms with E-state index in [-0.39, 0.29) is 18.5 Å². The van der Waals surface area contributed by atoms with Crippen LogP contribution in [0.25, 0.3) is 0 Å². The van der Waals surface area contributed by atoms with E-state index in [0.717, 1.165) is 0 Å². The lowest BCUT2D eigenvalue weighted by atomic mass is 10.2. The van der Waals surface area contributed by atoms with E-state index in [1.807, 2.05) is 6.07 Å². The Balaban J connectivity index is 2.56. The third-order valence-corrected chi connectivity index (χ3v) is 2.51. The van der Waals surface area contributed by atoms with Crippen LogP contribution in [0.4, 0.5) is 0 Å².